The van der Waals surface area contributed by atoms with Crippen LogP contribution in [0.15, 0.2) is 42.5 Å². The van der Waals surface area contributed by atoms with E-state index in [1.54, 1.807) is 24.3 Å². The lowest BCUT2D eigenvalue weighted by Gasteiger charge is -2.22. The van der Waals surface area contributed by atoms with Crippen LogP contribution in [0.5, 0.6) is 0 Å². The third kappa shape index (κ3) is 4.28. The summed E-state index contributed by atoms with van der Waals surface area (Å²) in [6, 6.07) is 11.0. The second-order valence-electron chi connectivity index (χ2n) is 8.18. The highest BCUT2D eigenvalue weighted by Crippen LogP contribution is 2.33. The molecule has 1 aliphatic heterocycles. The van der Waals surface area contributed by atoms with Gasteiger partial charge >= 0.3 is 5.97 Å². The van der Waals surface area contributed by atoms with Crippen molar-refractivity contribution in [2.24, 2.45) is 0 Å². The molecule has 7 nitrogen and oxygen atoms in total. The number of alkyl halides is 2. The third-order valence-electron chi connectivity index (χ3n) is 5.67. The number of aromatic carboxylic acids is 1. The number of nitrogens with zero attached hydrogens (tertiary/aromatic N) is 3. The van der Waals surface area contributed by atoms with Crippen LogP contribution in [0, 0.1) is 0 Å². The maximum Gasteiger partial charge on any atom is 0.335 e. The van der Waals surface area contributed by atoms with Crippen LogP contribution in [0.2, 0.25) is 0 Å². The first kappa shape index (κ1) is 21.7. The zero-order chi connectivity index (χ0) is 23.0. The average molecular weight is 442 g/mol. The predicted molar refractivity (Wildman–Crippen MR) is 116 cm³/mol. The highest BCUT2D eigenvalue weighted by Gasteiger charge is 2.30. The van der Waals surface area contributed by atoms with E-state index < -0.39 is 11.9 Å². The number of nitrogens with one attached hydrogen (secondary N) is 1. The Morgan fingerprint density at radius 2 is 2.00 bits per heavy atom. The lowest BCUT2D eigenvalue weighted by atomic mass is 10.0. The summed E-state index contributed by atoms with van der Waals surface area (Å²) < 4.78 is 30.3. The number of rotatable bonds is 6. The van der Waals surface area contributed by atoms with Crippen molar-refractivity contribution < 1.29 is 23.5 Å². The summed E-state index contributed by atoms with van der Waals surface area (Å²) in [5.74, 6) is -3.63. The number of fused-ring (bicyclic) bond motifs is 1. The lowest BCUT2D eigenvalue weighted by Crippen LogP contribution is -2.36. The Balaban J connectivity index is 1.79. The molecule has 1 aromatic heterocycles. The number of anilines is 1. The molecule has 32 heavy (non-hydrogen) atoms. The standard InChI is InChI=1S/C23H24F2N4O3/c1-14(30)26-17-9-10-28(13-17)22-27-19-11-15(21(31)32)7-8-20(19)29(22)12-16-5-3-4-6-18(16)23(2,24)25/h3-8,11,17H,9-10,12-13H2,1-2H3,(H,26,30)(H,31,32)/t17-/m1/s1. The topological polar surface area (TPSA) is 87.5 Å². The molecular formula is C23H24F2N4O3. The zero-order valence-electron chi connectivity index (χ0n) is 17.8. The van der Waals surface area contributed by atoms with Crippen molar-refractivity contribution in [3.05, 3.63) is 59.2 Å². The van der Waals surface area contributed by atoms with Gasteiger partial charge in [0.1, 0.15) is 0 Å². The maximum atomic E-state index is 14.2. The van der Waals surface area contributed by atoms with Gasteiger partial charge in [-0.1, -0.05) is 24.3 Å². The summed E-state index contributed by atoms with van der Waals surface area (Å²) in [7, 11) is 0. The van der Waals surface area contributed by atoms with Gasteiger partial charge in [0.05, 0.1) is 23.1 Å². The van der Waals surface area contributed by atoms with Gasteiger partial charge in [0.15, 0.2) is 0 Å². The molecular weight excluding hydrogens is 418 g/mol. The van der Waals surface area contributed by atoms with Gasteiger partial charge < -0.3 is 19.9 Å². The van der Waals surface area contributed by atoms with E-state index in [9.17, 15) is 23.5 Å². The molecule has 9 heteroatoms. The first-order valence-electron chi connectivity index (χ1n) is 10.4. The van der Waals surface area contributed by atoms with E-state index >= 15 is 0 Å². The van der Waals surface area contributed by atoms with E-state index in [-0.39, 0.29) is 29.6 Å². The monoisotopic (exact) mass is 442 g/mol. The molecule has 1 aliphatic rings. The molecule has 3 aromatic rings. The second-order valence-corrected chi connectivity index (χ2v) is 8.18. The molecule has 1 saturated heterocycles. The quantitative estimate of drug-likeness (QED) is 0.609. The van der Waals surface area contributed by atoms with Gasteiger partial charge in [0.25, 0.3) is 5.92 Å². The first-order chi connectivity index (χ1) is 15.1. The maximum absolute atomic E-state index is 14.2. The number of carbonyl (C=O) groups is 2. The van der Waals surface area contributed by atoms with Crippen LogP contribution in [0.25, 0.3) is 11.0 Å². The predicted octanol–water partition coefficient (Wildman–Crippen LogP) is 3.61. The van der Waals surface area contributed by atoms with Crippen molar-refractivity contribution >= 4 is 28.9 Å². The number of benzene rings is 2. The van der Waals surface area contributed by atoms with Gasteiger partial charge in [-0.2, -0.15) is 0 Å². The number of aromatic nitrogens is 2. The van der Waals surface area contributed by atoms with Gasteiger partial charge in [-0.25, -0.2) is 18.6 Å². The fourth-order valence-corrected chi connectivity index (χ4v) is 4.25. The number of hydrogen-bond donors (Lipinski definition) is 2. The highest BCUT2D eigenvalue weighted by molar-refractivity contribution is 5.93. The van der Waals surface area contributed by atoms with Crippen LogP contribution in [0.4, 0.5) is 14.7 Å². The molecule has 2 heterocycles. The molecule has 0 spiro atoms. The van der Waals surface area contributed by atoms with Crippen molar-refractivity contribution in [1.29, 1.82) is 0 Å². The number of hydrogen-bond acceptors (Lipinski definition) is 4. The summed E-state index contributed by atoms with van der Waals surface area (Å²) in [5.41, 5.74) is 1.63. The molecule has 0 bridgehead atoms. The molecule has 4 rings (SSSR count). The Kier molecular flexibility index (Phi) is 5.58. The van der Waals surface area contributed by atoms with Crippen LogP contribution in [0.3, 0.4) is 0 Å². The Morgan fingerprint density at radius 3 is 2.69 bits per heavy atom. The molecule has 0 unspecified atom stereocenters. The summed E-state index contributed by atoms with van der Waals surface area (Å²) in [6.45, 7) is 3.65. The van der Waals surface area contributed by atoms with Gasteiger partial charge in [-0.05, 0) is 30.2 Å². The second kappa shape index (κ2) is 8.22. The molecule has 0 saturated carbocycles. The van der Waals surface area contributed by atoms with Gasteiger partial charge in [-0.3, -0.25) is 4.79 Å². The number of carboxylic acids is 1. The molecule has 1 atom stereocenters. The van der Waals surface area contributed by atoms with Gasteiger partial charge in [0, 0.05) is 38.5 Å². The van der Waals surface area contributed by atoms with Crippen molar-refractivity contribution in [3.8, 4) is 0 Å². The number of imidazole rings is 1. The van der Waals surface area contributed by atoms with Crippen LogP contribution in [0.1, 0.15) is 41.8 Å². The fraction of sp³-hybridized carbons (Fsp3) is 0.348. The van der Waals surface area contributed by atoms with Crippen LogP contribution < -0.4 is 10.2 Å². The lowest BCUT2D eigenvalue weighted by molar-refractivity contribution is -0.119. The van der Waals surface area contributed by atoms with Crippen molar-refractivity contribution in [2.75, 3.05) is 18.0 Å². The normalized spacial score (nSPS) is 16.5. The Morgan fingerprint density at radius 1 is 1.25 bits per heavy atom. The summed E-state index contributed by atoms with van der Waals surface area (Å²) in [5, 5.41) is 12.2. The largest absolute Gasteiger partial charge is 0.478 e. The molecule has 0 aliphatic carbocycles. The Labute approximate surface area is 183 Å². The van der Waals surface area contributed by atoms with Crippen molar-refractivity contribution in [2.45, 2.75) is 38.8 Å². The summed E-state index contributed by atoms with van der Waals surface area (Å²) in [6.07, 6.45) is 0.729. The highest BCUT2D eigenvalue weighted by atomic mass is 19.3. The van der Waals surface area contributed by atoms with Gasteiger partial charge in [-0.15, -0.1) is 0 Å². The molecule has 1 fully saturated rings. The van der Waals surface area contributed by atoms with Crippen molar-refractivity contribution in [1.82, 2.24) is 14.9 Å². The van der Waals surface area contributed by atoms with Crippen LogP contribution in [-0.2, 0) is 17.3 Å². The van der Waals surface area contributed by atoms with E-state index in [4.69, 9.17) is 0 Å². The van der Waals surface area contributed by atoms with E-state index in [0.29, 0.717) is 35.6 Å². The first-order valence-corrected chi connectivity index (χ1v) is 10.4. The molecule has 1 amide bonds. The van der Waals surface area contributed by atoms with E-state index in [0.717, 1.165) is 13.3 Å². The number of halogens is 2. The molecule has 2 N–H and O–H groups in total. The molecule has 2 aromatic carbocycles. The van der Waals surface area contributed by atoms with Crippen LogP contribution in [-0.4, -0.2) is 45.7 Å². The zero-order valence-corrected chi connectivity index (χ0v) is 17.8. The molecule has 0 radical (unpaired) electrons. The van der Waals surface area contributed by atoms with E-state index in [1.165, 1.54) is 25.1 Å². The Bertz CT molecular complexity index is 1190. The Hall–Kier alpha value is -3.49. The average Bonchev–Trinajstić information content (AvgIpc) is 3.31. The number of carbonyl (C=O) groups excluding carboxylic acids is 1. The molecule has 168 valence electrons. The minimum absolute atomic E-state index is 0.0393. The van der Waals surface area contributed by atoms with E-state index in [1.807, 2.05) is 9.47 Å². The smallest absolute Gasteiger partial charge is 0.335 e. The third-order valence-corrected chi connectivity index (χ3v) is 5.67. The number of carboxylic acid groups (broad SMARTS) is 1. The van der Waals surface area contributed by atoms with E-state index in [2.05, 4.69) is 10.3 Å². The summed E-state index contributed by atoms with van der Waals surface area (Å²) >= 11 is 0. The number of amides is 1. The minimum Gasteiger partial charge on any atom is -0.478 e. The minimum atomic E-state index is -3.01. The SMILES string of the molecule is CC(=O)N[C@@H]1CCN(c2nc3cc(C(=O)O)ccc3n2Cc2ccccc2C(C)(F)F)C1. The summed E-state index contributed by atoms with van der Waals surface area (Å²) in [4.78, 5) is 29.5. The fourth-order valence-electron chi connectivity index (χ4n) is 4.25. The van der Waals surface area contributed by atoms with Crippen molar-refractivity contribution in [3.63, 3.8) is 0 Å². The van der Waals surface area contributed by atoms with Gasteiger partial charge in [0.2, 0.25) is 11.9 Å². The van der Waals surface area contributed by atoms with Crippen LogP contribution >= 0.6 is 0 Å².